The van der Waals surface area contributed by atoms with Crippen LogP contribution in [0.3, 0.4) is 0 Å². The van der Waals surface area contributed by atoms with Gasteiger partial charge in [-0.15, -0.1) is 0 Å². The maximum atomic E-state index is 10.5. The van der Waals surface area contributed by atoms with Crippen molar-refractivity contribution in [2.24, 2.45) is 0 Å². The topological polar surface area (TPSA) is 47.9 Å². The van der Waals surface area contributed by atoms with E-state index in [9.17, 15) is 5.11 Å². The lowest BCUT2D eigenvalue weighted by atomic mass is 9.92. The summed E-state index contributed by atoms with van der Waals surface area (Å²) in [6.45, 7) is 1.70. The third kappa shape index (κ3) is 3.59. The molecule has 0 aliphatic carbocycles. The van der Waals surface area contributed by atoms with Gasteiger partial charge in [0.2, 0.25) is 0 Å². The predicted octanol–water partition coefficient (Wildman–Crippen LogP) is 2.57. The van der Waals surface area contributed by atoms with Crippen LogP contribution in [0.2, 0.25) is 5.02 Å². The summed E-state index contributed by atoms with van der Waals surface area (Å²) in [5.74, 6) is 0.529. The number of rotatable bonds is 6. The molecule has 0 amide bonds. The number of methoxy groups -OCH3 is 3. The fourth-order valence-corrected chi connectivity index (χ4v) is 1.89. The maximum absolute atomic E-state index is 10.5. The summed E-state index contributed by atoms with van der Waals surface area (Å²) < 4.78 is 15.3. The van der Waals surface area contributed by atoms with Gasteiger partial charge in [0.15, 0.2) is 6.29 Å². The summed E-state index contributed by atoms with van der Waals surface area (Å²) >= 11 is 5.95. The fourth-order valence-electron chi connectivity index (χ4n) is 1.70. The Morgan fingerprint density at radius 2 is 1.89 bits per heavy atom. The molecule has 0 saturated heterocycles. The van der Waals surface area contributed by atoms with E-state index in [1.165, 1.54) is 21.3 Å². The average Bonchev–Trinajstić information content (AvgIpc) is 2.36. The molecule has 1 N–H and O–H groups in total. The molecule has 0 aromatic heterocycles. The molecule has 0 radical (unpaired) electrons. The SMILES string of the molecule is COc1cc(C(C)(O)CC(OC)OC)ccc1Cl. The molecular weight excluding hydrogens is 256 g/mol. The molecule has 1 aromatic carbocycles. The van der Waals surface area contributed by atoms with Crippen molar-refractivity contribution in [3.8, 4) is 5.75 Å². The summed E-state index contributed by atoms with van der Waals surface area (Å²) in [5.41, 5.74) is -0.392. The Morgan fingerprint density at radius 3 is 2.39 bits per heavy atom. The van der Waals surface area contributed by atoms with Crippen molar-refractivity contribution in [2.45, 2.75) is 25.2 Å². The third-order valence-electron chi connectivity index (χ3n) is 2.86. The molecule has 0 fully saturated rings. The molecule has 0 bridgehead atoms. The van der Waals surface area contributed by atoms with E-state index in [0.717, 1.165) is 0 Å². The summed E-state index contributed by atoms with van der Waals surface area (Å²) in [4.78, 5) is 0. The molecule has 1 unspecified atom stereocenters. The van der Waals surface area contributed by atoms with E-state index in [-0.39, 0.29) is 0 Å². The van der Waals surface area contributed by atoms with Crippen molar-refractivity contribution in [3.63, 3.8) is 0 Å². The van der Waals surface area contributed by atoms with Gasteiger partial charge in [0.05, 0.1) is 17.7 Å². The highest BCUT2D eigenvalue weighted by Crippen LogP contribution is 2.33. The zero-order valence-electron chi connectivity index (χ0n) is 11.1. The number of hydrogen-bond donors (Lipinski definition) is 1. The number of halogens is 1. The van der Waals surface area contributed by atoms with Crippen molar-refractivity contribution in [1.82, 2.24) is 0 Å². The first-order valence-electron chi connectivity index (χ1n) is 5.56. The van der Waals surface area contributed by atoms with E-state index in [1.807, 2.05) is 0 Å². The standard InChI is InChI=1S/C13H19ClO4/c1-13(15,8-12(17-3)18-4)9-5-6-10(14)11(7-9)16-2/h5-7,12,15H,8H2,1-4H3. The van der Waals surface area contributed by atoms with Crippen LogP contribution in [0.5, 0.6) is 5.75 Å². The van der Waals surface area contributed by atoms with Crippen LogP contribution in [0.15, 0.2) is 18.2 Å². The molecule has 1 aromatic rings. The molecule has 1 rings (SSSR count). The summed E-state index contributed by atoms with van der Waals surface area (Å²) in [5, 5.41) is 11.0. The van der Waals surface area contributed by atoms with Gasteiger partial charge >= 0.3 is 0 Å². The predicted molar refractivity (Wildman–Crippen MR) is 70.0 cm³/mol. The van der Waals surface area contributed by atoms with Crippen LogP contribution in [0.25, 0.3) is 0 Å². The minimum atomic E-state index is -1.09. The Labute approximate surface area is 112 Å². The Hall–Kier alpha value is -0.810. The molecule has 5 heteroatoms. The molecule has 4 nitrogen and oxygen atoms in total. The highest BCUT2D eigenvalue weighted by atomic mass is 35.5. The van der Waals surface area contributed by atoms with E-state index in [4.69, 9.17) is 25.8 Å². The second-order valence-electron chi connectivity index (χ2n) is 4.23. The fraction of sp³-hybridized carbons (Fsp3) is 0.538. The van der Waals surface area contributed by atoms with Gasteiger partial charge in [0, 0.05) is 20.6 Å². The number of benzene rings is 1. The van der Waals surface area contributed by atoms with E-state index >= 15 is 0 Å². The van der Waals surface area contributed by atoms with Gasteiger partial charge in [-0.25, -0.2) is 0 Å². The minimum Gasteiger partial charge on any atom is -0.495 e. The Balaban J connectivity index is 2.96. The average molecular weight is 275 g/mol. The van der Waals surface area contributed by atoms with Crippen LogP contribution < -0.4 is 4.74 Å². The first-order chi connectivity index (χ1) is 8.44. The van der Waals surface area contributed by atoms with Crippen LogP contribution in [0, 0.1) is 0 Å². The van der Waals surface area contributed by atoms with E-state index in [0.29, 0.717) is 22.8 Å². The number of ether oxygens (including phenoxy) is 3. The molecular formula is C13H19ClO4. The Bertz CT molecular complexity index is 389. The van der Waals surface area contributed by atoms with Gasteiger partial charge in [-0.1, -0.05) is 17.7 Å². The smallest absolute Gasteiger partial charge is 0.159 e. The van der Waals surface area contributed by atoms with Crippen LogP contribution in [-0.4, -0.2) is 32.7 Å². The Morgan fingerprint density at radius 1 is 1.28 bits per heavy atom. The molecule has 0 aliphatic heterocycles. The van der Waals surface area contributed by atoms with Crippen molar-refractivity contribution in [1.29, 1.82) is 0 Å². The van der Waals surface area contributed by atoms with Crippen LogP contribution in [0.1, 0.15) is 18.9 Å². The molecule has 102 valence electrons. The van der Waals surface area contributed by atoms with Gasteiger partial charge in [-0.05, 0) is 24.6 Å². The van der Waals surface area contributed by atoms with Crippen LogP contribution >= 0.6 is 11.6 Å². The minimum absolute atomic E-state index is 0.310. The van der Waals surface area contributed by atoms with Gasteiger partial charge < -0.3 is 19.3 Å². The first-order valence-corrected chi connectivity index (χ1v) is 5.94. The van der Waals surface area contributed by atoms with E-state index < -0.39 is 11.9 Å². The van der Waals surface area contributed by atoms with Crippen molar-refractivity contribution in [2.75, 3.05) is 21.3 Å². The molecule has 1 atom stereocenters. The highest BCUT2D eigenvalue weighted by Gasteiger charge is 2.28. The third-order valence-corrected chi connectivity index (χ3v) is 3.18. The summed E-state index contributed by atoms with van der Waals surface area (Å²) in [6.07, 6.45) is -0.160. The van der Waals surface area contributed by atoms with Gasteiger partial charge in [-0.3, -0.25) is 0 Å². The van der Waals surface area contributed by atoms with Crippen LogP contribution in [-0.2, 0) is 15.1 Å². The molecule has 0 spiro atoms. The quantitative estimate of drug-likeness (QED) is 0.810. The van der Waals surface area contributed by atoms with Gasteiger partial charge in [0.1, 0.15) is 5.75 Å². The zero-order chi connectivity index (χ0) is 13.8. The lowest BCUT2D eigenvalue weighted by Gasteiger charge is -2.28. The lowest BCUT2D eigenvalue weighted by Crippen LogP contribution is -2.29. The molecule has 0 saturated carbocycles. The monoisotopic (exact) mass is 274 g/mol. The second-order valence-corrected chi connectivity index (χ2v) is 4.64. The lowest BCUT2D eigenvalue weighted by molar-refractivity contribution is -0.142. The Kier molecular flexibility index (Phi) is 5.41. The summed E-state index contributed by atoms with van der Waals surface area (Å²) in [7, 11) is 4.60. The number of hydrogen-bond acceptors (Lipinski definition) is 4. The maximum Gasteiger partial charge on any atom is 0.159 e. The van der Waals surface area contributed by atoms with Crippen molar-refractivity contribution in [3.05, 3.63) is 28.8 Å². The largest absolute Gasteiger partial charge is 0.495 e. The number of aliphatic hydroxyl groups is 1. The normalized spacial score (nSPS) is 14.6. The van der Waals surface area contributed by atoms with E-state index in [1.54, 1.807) is 25.1 Å². The summed E-state index contributed by atoms with van der Waals surface area (Å²) in [6, 6.07) is 5.16. The molecule has 0 heterocycles. The first kappa shape index (κ1) is 15.2. The molecule has 18 heavy (non-hydrogen) atoms. The highest BCUT2D eigenvalue weighted by molar-refractivity contribution is 6.32. The van der Waals surface area contributed by atoms with Crippen molar-refractivity contribution < 1.29 is 19.3 Å². The van der Waals surface area contributed by atoms with E-state index in [2.05, 4.69) is 0 Å². The van der Waals surface area contributed by atoms with Gasteiger partial charge in [0.25, 0.3) is 0 Å². The van der Waals surface area contributed by atoms with Gasteiger partial charge in [-0.2, -0.15) is 0 Å². The zero-order valence-corrected chi connectivity index (χ0v) is 11.8. The van der Waals surface area contributed by atoms with Crippen molar-refractivity contribution >= 4 is 11.6 Å². The molecule has 0 aliphatic rings. The second kappa shape index (κ2) is 6.38. The van der Waals surface area contributed by atoms with Crippen LogP contribution in [0.4, 0.5) is 0 Å².